The van der Waals surface area contributed by atoms with Crippen LogP contribution in [0.4, 0.5) is 0 Å². The highest BCUT2D eigenvalue weighted by molar-refractivity contribution is 6.05. The number of esters is 1. The van der Waals surface area contributed by atoms with Crippen molar-refractivity contribution in [2.24, 2.45) is 0 Å². The Morgan fingerprint density at radius 3 is 2.54 bits per heavy atom. The van der Waals surface area contributed by atoms with E-state index in [2.05, 4.69) is 9.97 Å². The first kappa shape index (κ1) is 18.1. The van der Waals surface area contributed by atoms with E-state index >= 15 is 0 Å². The van der Waals surface area contributed by atoms with E-state index in [0.717, 1.165) is 31.5 Å². The molecule has 0 aliphatic carbocycles. The van der Waals surface area contributed by atoms with E-state index < -0.39 is 12.1 Å². The Morgan fingerprint density at radius 1 is 1.07 bits per heavy atom. The molecule has 1 amide bonds. The Morgan fingerprint density at radius 2 is 1.79 bits per heavy atom. The zero-order chi connectivity index (χ0) is 19.5. The van der Waals surface area contributed by atoms with E-state index in [1.165, 1.54) is 0 Å². The molecule has 0 bridgehead atoms. The summed E-state index contributed by atoms with van der Waals surface area (Å²) in [6.45, 7) is 3.09. The van der Waals surface area contributed by atoms with Gasteiger partial charge in [-0.05, 0) is 44.0 Å². The Labute approximate surface area is 163 Å². The van der Waals surface area contributed by atoms with Gasteiger partial charge in [0.15, 0.2) is 6.10 Å². The maximum atomic E-state index is 12.9. The number of carbonyl (C=O) groups is 2. The molecule has 1 saturated heterocycles. The molecule has 0 radical (unpaired) electrons. The minimum atomic E-state index is -0.818. The number of pyridine rings is 2. The second-order valence-corrected chi connectivity index (χ2v) is 6.89. The number of fused-ring (bicyclic) bond motifs is 1. The number of amides is 1. The second-order valence-electron chi connectivity index (χ2n) is 6.89. The van der Waals surface area contributed by atoms with E-state index in [1.807, 2.05) is 36.4 Å². The summed E-state index contributed by atoms with van der Waals surface area (Å²) in [4.78, 5) is 35.9. The first-order valence-electron chi connectivity index (χ1n) is 9.43. The number of nitrogens with zero attached hydrogens (tertiary/aromatic N) is 3. The monoisotopic (exact) mass is 375 g/mol. The van der Waals surface area contributed by atoms with E-state index in [4.69, 9.17) is 4.74 Å². The van der Waals surface area contributed by atoms with Crippen molar-refractivity contribution >= 4 is 22.8 Å². The first-order chi connectivity index (χ1) is 13.6. The molecule has 6 heteroatoms. The van der Waals surface area contributed by atoms with Crippen LogP contribution >= 0.6 is 0 Å². The van der Waals surface area contributed by atoms with E-state index in [1.54, 1.807) is 30.3 Å². The fraction of sp³-hybridized carbons (Fsp3) is 0.273. The largest absolute Gasteiger partial charge is 0.449 e. The highest BCUT2D eigenvalue weighted by atomic mass is 16.5. The van der Waals surface area contributed by atoms with E-state index in [0.29, 0.717) is 22.2 Å². The predicted octanol–water partition coefficient (Wildman–Crippen LogP) is 3.46. The number of rotatable bonds is 4. The smallest absolute Gasteiger partial charge is 0.339 e. The predicted molar refractivity (Wildman–Crippen MR) is 106 cm³/mol. The van der Waals surface area contributed by atoms with Crippen LogP contribution in [0, 0.1) is 0 Å². The van der Waals surface area contributed by atoms with Crippen LogP contribution in [0.15, 0.2) is 54.9 Å². The van der Waals surface area contributed by atoms with Gasteiger partial charge in [-0.1, -0.05) is 18.2 Å². The molecule has 0 saturated carbocycles. The molecule has 6 nitrogen and oxygen atoms in total. The van der Waals surface area contributed by atoms with Gasteiger partial charge in [-0.25, -0.2) is 9.78 Å². The van der Waals surface area contributed by atoms with Crippen molar-refractivity contribution in [2.75, 3.05) is 13.1 Å². The number of likely N-dealkylation sites (tertiary alicyclic amines) is 1. The maximum Gasteiger partial charge on any atom is 0.339 e. The van der Waals surface area contributed by atoms with Crippen LogP contribution in [0.1, 0.15) is 30.1 Å². The molecule has 0 unspecified atom stereocenters. The van der Waals surface area contributed by atoms with E-state index in [9.17, 15) is 9.59 Å². The van der Waals surface area contributed by atoms with Crippen molar-refractivity contribution in [2.45, 2.75) is 25.9 Å². The standard InChI is InChI=1S/C22H21N3O3/c1-15(21(26)25-12-4-5-13-25)28-22(27)18-14-20(16-8-10-23-11-9-16)24-19-7-3-2-6-17(18)19/h2-3,6-11,14-15H,4-5,12-13H2,1H3/t15-/m1/s1. The fourth-order valence-electron chi connectivity index (χ4n) is 3.48. The fourth-order valence-corrected chi connectivity index (χ4v) is 3.48. The SMILES string of the molecule is C[C@@H](OC(=O)c1cc(-c2ccncc2)nc2ccccc12)C(=O)N1CCCC1. The molecule has 0 N–H and O–H groups in total. The van der Waals surface area contributed by atoms with Crippen LogP contribution in [-0.2, 0) is 9.53 Å². The van der Waals surface area contributed by atoms with Crippen LogP contribution in [0.2, 0.25) is 0 Å². The van der Waals surface area contributed by atoms with Crippen molar-refractivity contribution in [1.82, 2.24) is 14.9 Å². The zero-order valence-electron chi connectivity index (χ0n) is 15.7. The van der Waals surface area contributed by atoms with Gasteiger partial charge in [0.25, 0.3) is 5.91 Å². The summed E-state index contributed by atoms with van der Waals surface area (Å²) >= 11 is 0. The molecule has 1 fully saturated rings. The van der Waals surface area contributed by atoms with Gasteiger partial charge < -0.3 is 9.64 Å². The third-order valence-corrected chi connectivity index (χ3v) is 4.96. The van der Waals surface area contributed by atoms with Gasteiger partial charge in [0, 0.05) is 36.4 Å². The topological polar surface area (TPSA) is 72.4 Å². The molecular weight excluding hydrogens is 354 g/mol. The molecule has 1 aliphatic heterocycles. The lowest BCUT2D eigenvalue weighted by Crippen LogP contribution is -2.38. The molecule has 0 spiro atoms. The van der Waals surface area contributed by atoms with Gasteiger partial charge in [-0.3, -0.25) is 9.78 Å². The summed E-state index contributed by atoms with van der Waals surface area (Å²) in [6.07, 6.45) is 4.54. The third kappa shape index (κ3) is 3.58. The third-order valence-electron chi connectivity index (χ3n) is 4.96. The average Bonchev–Trinajstić information content (AvgIpc) is 3.27. The van der Waals surface area contributed by atoms with Crippen molar-refractivity contribution in [3.63, 3.8) is 0 Å². The Hall–Kier alpha value is -3.28. The summed E-state index contributed by atoms with van der Waals surface area (Å²) in [6, 6.07) is 12.8. The quantitative estimate of drug-likeness (QED) is 0.653. The molecule has 1 aromatic carbocycles. The molecule has 4 rings (SSSR count). The highest BCUT2D eigenvalue weighted by Gasteiger charge is 2.27. The second kappa shape index (κ2) is 7.76. The normalized spacial score (nSPS) is 14.8. The lowest BCUT2D eigenvalue weighted by atomic mass is 10.0. The van der Waals surface area contributed by atoms with Gasteiger partial charge in [-0.15, -0.1) is 0 Å². The minimum absolute atomic E-state index is 0.140. The van der Waals surface area contributed by atoms with Crippen molar-refractivity contribution in [3.8, 4) is 11.3 Å². The van der Waals surface area contributed by atoms with Crippen molar-refractivity contribution in [1.29, 1.82) is 0 Å². The number of hydrogen-bond donors (Lipinski definition) is 0. The van der Waals surface area contributed by atoms with E-state index in [-0.39, 0.29) is 5.91 Å². The maximum absolute atomic E-state index is 12.9. The van der Waals surface area contributed by atoms with Gasteiger partial charge >= 0.3 is 5.97 Å². The Kier molecular flexibility index (Phi) is 5.02. The number of hydrogen-bond acceptors (Lipinski definition) is 5. The lowest BCUT2D eigenvalue weighted by molar-refractivity contribution is -0.138. The summed E-state index contributed by atoms with van der Waals surface area (Å²) in [5.74, 6) is -0.660. The van der Waals surface area contributed by atoms with Crippen LogP contribution in [-0.4, -0.2) is 45.9 Å². The molecule has 3 aromatic rings. The molecule has 3 heterocycles. The van der Waals surface area contributed by atoms with Crippen LogP contribution in [0.3, 0.4) is 0 Å². The van der Waals surface area contributed by atoms with Gasteiger partial charge in [0.05, 0.1) is 16.8 Å². The number of benzene rings is 1. The van der Waals surface area contributed by atoms with Gasteiger partial charge in [0.2, 0.25) is 0 Å². The summed E-state index contributed by atoms with van der Waals surface area (Å²) in [5.41, 5.74) is 2.61. The summed E-state index contributed by atoms with van der Waals surface area (Å²) in [7, 11) is 0. The molecule has 1 atom stereocenters. The van der Waals surface area contributed by atoms with Crippen molar-refractivity contribution in [3.05, 3.63) is 60.4 Å². The number of aromatic nitrogens is 2. The first-order valence-corrected chi connectivity index (χ1v) is 9.43. The molecule has 28 heavy (non-hydrogen) atoms. The van der Waals surface area contributed by atoms with Crippen LogP contribution < -0.4 is 0 Å². The van der Waals surface area contributed by atoms with Crippen LogP contribution in [0.5, 0.6) is 0 Å². The minimum Gasteiger partial charge on any atom is -0.449 e. The number of ether oxygens (including phenoxy) is 1. The summed E-state index contributed by atoms with van der Waals surface area (Å²) in [5, 5.41) is 0.700. The highest BCUT2D eigenvalue weighted by Crippen LogP contribution is 2.25. The van der Waals surface area contributed by atoms with Gasteiger partial charge in [-0.2, -0.15) is 0 Å². The van der Waals surface area contributed by atoms with Crippen molar-refractivity contribution < 1.29 is 14.3 Å². The molecule has 142 valence electrons. The lowest BCUT2D eigenvalue weighted by Gasteiger charge is -2.20. The Balaban J connectivity index is 1.66. The molecule has 2 aromatic heterocycles. The van der Waals surface area contributed by atoms with Crippen LogP contribution in [0.25, 0.3) is 22.2 Å². The number of carbonyl (C=O) groups excluding carboxylic acids is 2. The molecular formula is C22H21N3O3. The zero-order valence-corrected chi connectivity index (χ0v) is 15.7. The number of para-hydroxylation sites is 1. The molecule has 1 aliphatic rings. The summed E-state index contributed by atoms with van der Waals surface area (Å²) < 4.78 is 5.54. The average molecular weight is 375 g/mol. The van der Waals surface area contributed by atoms with Gasteiger partial charge in [0.1, 0.15) is 0 Å². The Bertz CT molecular complexity index is 1010.